The predicted octanol–water partition coefficient (Wildman–Crippen LogP) is 9.57. The molecule has 6 N–H and O–H groups in total. The lowest BCUT2D eigenvalue weighted by molar-refractivity contribution is 0.0984. The molecular weight excluding hydrogens is 809 g/mol. The maximum absolute atomic E-state index is 12.3. The Morgan fingerprint density at radius 3 is 1.70 bits per heavy atom. The molecule has 3 amide bonds. The van der Waals surface area contributed by atoms with Crippen LogP contribution in [-0.4, -0.2) is 55.6 Å². The maximum Gasteiger partial charge on any atom is 0.294 e. The van der Waals surface area contributed by atoms with Crippen LogP contribution in [0.3, 0.4) is 0 Å². The summed E-state index contributed by atoms with van der Waals surface area (Å²) in [5.74, 6) is 1.80. The van der Waals surface area contributed by atoms with E-state index in [1.54, 1.807) is 67.8 Å². The minimum absolute atomic E-state index is 0.0125. The Kier molecular flexibility index (Phi) is 14.3. The standard InChI is InChI=1S/C18H16N2O4.C15H18N2O3.C14H14N2O3/c1-11-6-7-16(21)15(8-11)19-18(22)17-10-14(20-24-17)12-4-3-5-13(9-12)23-2;1-9(2)6-11-8-13(17-20-11)15(19)16-12-7-10(3)4-5-14(12)18;1-8-2-5-12(17)10(6-8)15-14(18)11-7-13(19-16-11)9-3-4-9/h3-10,21H,1-2H3,(H,19,22);4-5,7-9,18H,6H2,1-3H3,(H,16,19);2,5-7,9,17H,3-4H2,1H3,(H,15,18). The van der Waals surface area contributed by atoms with Crippen LogP contribution in [-0.2, 0) is 6.42 Å². The summed E-state index contributed by atoms with van der Waals surface area (Å²) in [4.78, 5) is 36.3. The summed E-state index contributed by atoms with van der Waals surface area (Å²) in [7, 11) is 1.58. The highest BCUT2D eigenvalue weighted by Crippen LogP contribution is 2.40. The molecule has 7 aromatic rings. The van der Waals surface area contributed by atoms with E-state index in [0.29, 0.717) is 46.1 Å². The smallest absolute Gasteiger partial charge is 0.294 e. The van der Waals surface area contributed by atoms with E-state index >= 15 is 0 Å². The fourth-order valence-corrected chi connectivity index (χ4v) is 5.98. The van der Waals surface area contributed by atoms with Crippen molar-refractivity contribution in [3.05, 3.63) is 142 Å². The number of aryl methyl sites for hydroxylation is 3. The number of aromatic nitrogens is 3. The zero-order valence-electron chi connectivity index (χ0n) is 35.6. The summed E-state index contributed by atoms with van der Waals surface area (Å²) in [5.41, 5.74) is 5.61. The number of phenols is 3. The highest BCUT2D eigenvalue weighted by molar-refractivity contribution is 6.05. The number of aromatic hydroxyl groups is 3. The minimum Gasteiger partial charge on any atom is -0.506 e. The number of amides is 3. The molecule has 1 saturated carbocycles. The monoisotopic (exact) mass is 856 g/mol. The molecule has 8 rings (SSSR count). The number of benzene rings is 4. The van der Waals surface area contributed by atoms with Gasteiger partial charge >= 0.3 is 0 Å². The van der Waals surface area contributed by atoms with Crippen LogP contribution >= 0.6 is 0 Å². The van der Waals surface area contributed by atoms with Gasteiger partial charge in [-0.2, -0.15) is 0 Å². The van der Waals surface area contributed by atoms with Crippen molar-refractivity contribution in [2.45, 2.75) is 59.8 Å². The van der Waals surface area contributed by atoms with Gasteiger partial charge in [0.2, 0.25) is 5.76 Å². The average molecular weight is 857 g/mol. The third-order valence-electron chi connectivity index (χ3n) is 9.44. The average Bonchev–Trinajstić information content (AvgIpc) is 3.59. The molecule has 0 aliphatic heterocycles. The van der Waals surface area contributed by atoms with E-state index in [2.05, 4.69) is 45.3 Å². The lowest BCUT2D eigenvalue weighted by Gasteiger charge is -2.06. The maximum atomic E-state index is 12.3. The lowest BCUT2D eigenvalue weighted by atomic mass is 10.1. The molecule has 1 aliphatic carbocycles. The summed E-state index contributed by atoms with van der Waals surface area (Å²) in [6, 6.07) is 27.1. The van der Waals surface area contributed by atoms with Gasteiger partial charge in [0.15, 0.2) is 11.4 Å². The summed E-state index contributed by atoms with van der Waals surface area (Å²) >= 11 is 0. The summed E-state index contributed by atoms with van der Waals surface area (Å²) in [6.07, 6.45) is 2.92. The van der Waals surface area contributed by atoms with Crippen LogP contribution in [0.5, 0.6) is 23.0 Å². The SMILES string of the molecule is COc1cccc(-c2cc(C(=O)Nc3cc(C)ccc3O)on2)c1.Cc1ccc(O)c(NC(=O)c2cc(C3CC3)on2)c1.Cc1ccc(O)c(NC(=O)c2cc(CC(C)C)on2)c1. The Morgan fingerprint density at radius 2 is 1.17 bits per heavy atom. The van der Waals surface area contributed by atoms with Gasteiger partial charge in [0.25, 0.3) is 17.7 Å². The van der Waals surface area contributed by atoms with Crippen molar-refractivity contribution in [1.29, 1.82) is 0 Å². The van der Waals surface area contributed by atoms with Gasteiger partial charge in [0.05, 0.1) is 24.2 Å². The van der Waals surface area contributed by atoms with Crippen LogP contribution in [0.25, 0.3) is 11.3 Å². The molecular formula is C47H48N6O10. The van der Waals surface area contributed by atoms with Crippen LogP contribution < -0.4 is 20.7 Å². The molecule has 0 atom stereocenters. The number of ether oxygens (including phenoxy) is 1. The first-order valence-corrected chi connectivity index (χ1v) is 20.0. The van der Waals surface area contributed by atoms with Crippen molar-refractivity contribution in [3.63, 3.8) is 0 Å². The van der Waals surface area contributed by atoms with Gasteiger partial charge < -0.3 is 49.6 Å². The number of hydrogen-bond donors (Lipinski definition) is 6. The van der Waals surface area contributed by atoms with E-state index < -0.39 is 11.8 Å². The number of nitrogens with zero attached hydrogens (tertiary/aromatic N) is 3. The predicted molar refractivity (Wildman–Crippen MR) is 234 cm³/mol. The molecule has 4 aromatic carbocycles. The van der Waals surface area contributed by atoms with E-state index in [1.165, 1.54) is 18.2 Å². The first kappa shape index (κ1) is 44.7. The van der Waals surface area contributed by atoms with Crippen LogP contribution in [0.4, 0.5) is 17.1 Å². The Labute approximate surface area is 362 Å². The van der Waals surface area contributed by atoms with Gasteiger partial charge in [-0.15, -0.1) is 0 Å². The summed E-state index contributed by atoms with van der Waals surface area (Å²) < 4.78 is 20.5. The van der Waals surface area contributed by atoms with Gasteiger partial charge in [-0.1, -0.05) is 59.6 Å². The zero-order chi connectivity index (χ0) is 45.2. The van der Waals surface area contributed by atoms with Gasteiger partial charge in [-0.3, -0.25) is 14.4 Å². The highest BCUT2D eigenvalue weighted by Gasteiger charge is 2.29. The number of carbonyl (C=O) groups is 3. The van der Waals surface area contributed by atoms with Crippen LogP contribution in [0, 0.1) is 26.7 Å². The summed E-state index contributed by atoms with van der Waals surface area (Å²) in [5, 5.41) is 48.4. The third-order valence-corrected chi connectivity index (χ3v) is 9.44. The van der Waals surface area contributed by atoms with Crippen LogP contribution in [0.15, 0.2) is 111 Å². The van der Waals surface area contributed by atoms with Crippen molar-refractivity contribution in [1.82, 2.24) is 15.5 Å². The largest absolute Gasteiger partial charge is 0.506 e. The first-order chi connectivity index (χ1) is 30.1. The number of carbonyl (C=O) groups excluding carboxylic acids is 3. The molecule has 16 heteroatoms. The molecule has 3 heterocycles. The molecule has 0 radical (unpaired) electrons. The molecule has 16 nitrogen and oxygen atoms in total. The van der Waals surface area contributed by atoms with E-state index in [9.17, 15) is 29.7 Å². The van der Waals surface area contributed by atoms with E-state index in [0.717, 1.165) is 47.3 Å². The van der Waals surface area contributed by atoms with E-state index in [-0.39, 0.29) is 40.3 Å². The molecule has 1 fully saturated rings. The second-order valence-corrected chi connectivity index (χ2v) is 15.4. The quantitative estimate of drug-likeness (QED) is 0.0666. The molecule has 0 spiro atoms. The number of hydrogen-bond acceptors (Lipinski definition) is 13. The molecule has 1 aliphatic rings. The molecule has 0 unspecified atom stereocenters. The van der Waals surface area contributed by atoms with Crippen molar-refractivity contribution in [2.24, 2.45) is 5.92 Å². The Bertz CT molecular complexity index is 2710. The Balaban J connectivity index is 0.000000159. The normalized spacial score (nSPS) is 11.7. The van der Waals surface area contributed by atoms with E-state index in [1.807, 2.05) is 39.0 Å². The Hall–Kier alpha value is -7.88. The molecule has 63 heavy (non-hydrogen) atoms. The van der Waals surface area contributed by atoms with Gasteiger partial charge in [0, 0.05) is 36.1 Å². The third kappa shape index (κ3) is 12.3. The van der Waals surface area contributed by atoms with Crippen LogP contribution in [0.2, 0.25) is 0 Å². The van der Waals surface area contributed by atoms with Gasteiger partial charge in [-0.25, -0.2) is 0 Å². The van der Waals surface area contributed by atoms with Crippen molar-refractivity contribution in [3.8, 4) is 34.3 Å². The fraction of sp³-hybridized carbons (Fsp3) is 0.234. The number of methoxy groups -OCH3 is 1. The number of nitrogens with one attached hydrogen (secondary N) is 3. The molecule has 326 valence electrons. The fourth-order valence-electron chi connectivity index (χ4n) is 5.98. The Morgan fingerprint density at radius 1 is 0.651 bits per heavy atom. The van der Waals surface area contributed by atoms with E-state index in [4.69, 9.17) is 18.3 Å². The number of anilines is 3. The van der Waals surface area contributed by atoms with Gasteiger partial charge in [0.1, 0.15) is 40.2 Å². The summed E-state index contributed by atoms with van der Waals surface area (Å²) in [6.45, 7) is 9.76. The van der Waals surface area contributed by atoms with Crippen molar-refractivity contribution >= 4 is 34.8 Å². The number of phenolic OH excluding ortho intramolecular Hbond substituents is 3. The van der Waals surface area contributed by atoms with Crippen molar-refractivity contribution < 1.29 is 48.0 Å². The minimum atomic E-state index is -0.488. The number of rotatable bonds is 11. The van der Waals surface area contributed by atoms with Gasteiger partial charge in [-0.05, 0) is 105 Å². The highest BCUT2D eigenvalue weighted by atomic mass is 16.5. The molecule has 0 bridgehead atoms. The topological polar surface area (TPSA) is 235 Å². The van der Waals surface area contributed by atoms with Crippen molar-refractivity contribution in [2.75, 3.05) is 23.1 Å². The van der Waals surface area contributed by atoms with Crippen LogP contribution in [0.1, 0.15) is 92.3 Å². The molecule has 0 saturated heterocycles. The second-order valence-electron chi connectivity index (χ2n) is 15.4. The first-order valence-electron chi connectivity index (χ1n) is 20.0. The lowest BCUT2D eigenvalue weighted by Crippen LogP contribution is -2.12. The zero-order valence-corrected chi connectivity index (χ0v) is 35.6. The second kappa shape index (κ2) is 20.1. The molecule has 3 aromatic heterocycles.